The Balaban J connectivity index is 2.12. The Kier molecular flexibility index (Phi) is 3.70. The maximum Gasteiger partial charge on any atom is 0.178 e. The minimum atomic E-state index is -0.804. The number of rotatable bonds is 2. The van der Waals surface area contributed by atoms with Crippen LogP contribution in [0.1, 0.15) is 18.4 Å². The van der Waals surface area contributed by atoms with Crippen LogP contribution in [0.15, 0.2) is 30.3 Å². The first kappa shape index (κ1) is 13.8. The van der Waals surface area contributed by atoms with E-state index in [2.05, 4.69) is 10.4 Å². The van der Waals surface area contributed by atoms with Crippen LogP contribution in [0.5, 0.6) is 0 Å². The maximum absolute atomic E-state index is 14.2. The number of pyridine rings is 1. The van der Waals surface area contributed by atoms with E-state index in [0.717, 1.165) is 36.6 Å². The van der Waals surface area contributed by atoms with E-state index in [1.54, 1.807) is 4.90 Å². The highest BCUT2D eigenvalue weighted by molar-refractivity contribution is 5.66. The standard InChI is InChI=1S/C15H16F2N4/c16-11-9-12(17)15(19-14(11)20-18)21-8-4-3-6-10-5-1-2-7-13(10)21/h1-2,5,7,9H,3-4,6,8,18H2,(H,19,20). The molecule has 1 aliphatic rings. The molecule has 1 aliphatic heterocycles. The van der Waals surface area contributed by atoms with E-state index < -0.39 is 11.6 Å². The molecule has 0 spiro atoms. The average molecular weight is 290 g/mol. The average Bonchev–Trinajstić information content (AvgIpc) is 2.70. The number of hydrazine groups is 1. The second kappa shape index (κ2) is 5.65. The summed E-state index contributed by atoms with van der Waals surface area (Å²) in [6, 6.07) is 8.63. The molecule has 21 heavy (non-hydrogen) atoms. The highest BCUT2D eigenvalue weighted by Crippen LogP contribution is 2.33. The van der Waals surface area contributed by atoms with Crippen LogP contribution in [0.4, 0.5) is 26.1 Å². The van der Waals surface area contributed by atoms with Gasteiger partial charge in [-0.05, 0) is 30.9 Å². The second-order valence-corrected chi connectivity index (χ2v) is 5.01. The Labute approximate surface area is 121 Å². The van der Waals surface area contributed by atoms with Crippen LogP contribution < -0.4 is 16.2 Å². The second-order valence-electron chi connectivity index (χ2n) is 5.01. The number of halogens is 2. The number of anilines is 3. The molecular formula is C15H16F2N4. The third-order valence-electron chi connectivity index (χ3n) is 3.66. The zero-order valence-electron chi connectivity index (χ0n) is 11.4. The highest BCUT2D eigenvalue weighted by Gasteiger charge is 2.22. The fourth-order valence-corrected chi connectivity index (χ4v) is 2.66. The topological polar surface area (TPSA) is 54.2 Å². The van der Waals surface area contributed by atoms with E-state index in [1.165, 1.54) is 0 Å². The molecule has 0 saturated carbocycles. The first-order valence-corrected chi connectivity index (χ1v) is 6.89. The lowest BCUT2D eigenvalue weighted by Crippen LogP contribution is -2.22. The summed E-state index contributed by atoms with van der Waals surface area (Å²) < 4.78 is 27.7. The van der Waals surface area contributed by atoms with Crippen molar-refractivity contribution in [1.82, 2.24) is 4.98 Å². The third kappa shape index (κ3) is 2.54. The zero-order chi connectivity index (χ0) is 14.8. The summed E-state index contributed by atoms with van der Waals surface area (Å²) in [6.45, 7) is 0.635. The predicted octanol–water partition coefficient (Wildman–Crippen LogP) is 3.12. The molecule has 0 radical (unpaired) electrons. The van der Waals surface area contributed by atoms with E-state index in [9.17, 15) is 8.78 Å². The Hall–Kier alpha value is -2.21. The van der Waals surface area contributed by atoms with E-state index in [-0.39, 0.29) is 11.6 Å². The Morgan fingerprint density at radius 1 is 1.14 bits per heavy atom. The molecule has 6 heteroatoms. The minimum absolute atomic E-state index is 0.0960. The number of para-hydroxylation sites is 1. The molecule has 1 aromatic heterocycles. The van der Waals surface area contributed by atoms with Gasteiger partial charge < -0.3 is 10.3 Å². The van der Waals surface area contributed by atoms with Crippen LogP contribution in [0.25, 0.3) is 0 Å². The Bertz CT molecular complexity index is 660. The number of nitrogen functional groups attached to an aromatic ring is 1. The van der Waals surface area contributed by atoms with Gasteiger partial charge in [0.1, 0.15) is 0 Å². The molecule has 1 aromatic carbocycles. The lowest BCUT2D eigenvalue weighted by atomic mass is 10.1. The Morgan fingerprint density at radius 2 is 1.95 bits per heavy atom. The summed E-state index contributed by atoms with van der Waals surface area (Å²) in [5.41, 5.74) is 4.22. The first-order chi connectivity index (χ1) is 10.2. The summed E-state index contributed by atoms with van der Waals surface area (Å²) in [5.74, 6) is 3.67. The predicted molar refractivity (Wildman–Crippen MR) is 78.3 cm³/mol. The molecule has 0 atom stereocenters. The molecule has 0 aliphatic carbocycles. The van der Waals surface area contributed by atoms with Crippen molar-refractivity contribution in [3.05, 3.63) is 47.5 Å². The smallest absolute Gasteiger partial charge is 0.178 e. The number of aryl methyl sites for hydroxylation is 1. The number of hydrogen-bond acceptors (Lipinski definition) is 4. The van der Waals surface area contributed by atoms with Gasteiger partial charge in [0.25, 0.3) is 0 Å². The number of nitrogens with one attached hydrogen (secondary N) is 1. The van der Waals surface area contributed by atoms with Crippen LogP contribution >= 0.6 is 0 Å². The highest BCUT2D eigenvalue weighted by atomic mass is 19.1. The molecule has 110 valence electrons. The quantitative estimate of drug-likeness (QED) is 0.659. The molecule has 2 aromatic rings. The first-order valence-electron chi connectivity index (χ1n) is 6.89. The van der Waals surface area contributed by atoms with Gasteiger partial charge in [0.15, 0.2) is 23.3 Å². The number of benzene rings is 1. The van der Waals surface area contributed by atoms with Gasteiger partial charge in [-0.15, -0.1) is 0 Å². The number of aromatic nitrogens is 1. The number of fused-ring (bicyclic) bond motifs is 1. The summed E-state index contributed by atoms with van der Waals surface area (Å²) >= 11 is 0. The van der Waals surface area contributed by atoms with Gasteiger partial charge in [-0.3, -0.25) is 0 Å². The molecule has 0 amide bonds. The van der Waals surface area contributed by atoms with Crippen LogP contribution in [0.2, 0.25) is 0 Å². The number of nitrogens with zero attached hydrogens (tertiary/aromatic N) is 2. The molecule has 3 rings (SSSR count). The summed E-state index contributed by atoms with van der Waals surface area (Å²) in [5, 5.41) is 0. The van der Waals surface area contributed by atoms with E-state index >= 15 is 0 Å². The zero-order valence-corrected chi connectivity index (χ0v) is 11.4. The van der Waals surface area contributed by atoms with Crippen molar-refractivity contribution < 1.29 is 8.78 Å². The monoisotopic (exact) mass is 290 g/mol. The van der Waals surface area contributed by atoms with Crippen molar-refractivity contribution >= 4 is 17.3 Å². The van der Waals surface area contributed by atoms with Gasteiger partial charge >= 0.3 is 0 Å². The van der Waals surface area contributed by atoms with Crippen LogP contribution in [0.3, 0.4) is 0 Å². The van der Waals surface area contributed by atoms with Crippen LogP contribution in [0, 0.1) is 11.6 Å². The van der Waals surface area contributed by atoms with Crippen molar-refractivity contribution in [3.63, 3.8) is 0 Å². The molecular weight excluding hydrogens is 274 g/mol. The molecule has 0 bridgehead atoms. The SMILES string of the molecule is NNc1nc(N2CCCCc3ccccc32)c(F)cc1F. The summed E-state index contributed by atoms with van der Waals surface area (Å²) in [7, 11) is 0. The third-order valence-corrected chi connectivity index (χ3v) is 3.66. The molecule has 2 heterocycles. The lowest BCUT2D eigenvalue weighted by molar-refractivity contribution is 0.573. The number of hydrogen-bond donors (Lipinski definition) is 2. The molecule has 4 nitrogen and oxygen atoms in total. The maximum atomic E-state index is 14.2. The van der Waals surface area contributed by atoms with E-state index in [1.807, 2.05) is 24.3 Å². The van der Waals surface area contributed by atoms with Crippen molar-refractivity contribution in [1.29, 1.82) is 0 Å². The van der Waals surface area contributed by atoms with Gasteiger partial charge in [0.2, 0.25) is 0 Å². The van der Waals surface area contributed by atoms with Gasteiger partial charge in [-0.2, -0.15) is 0 Å². The fourth-order valence-electron chi connectivity index (χ4n) is 2.66. The summed E-state index contributed by atoms with van der Waals surface area (Å²) in [6.07, 6.45) is 2.88. The van der Waals surface area contributed by atoms with E-state index in [0.29, 0.717) is 6.54 Å². The summed E-state index contributed by atoms with van der Waals surface area (Å²) in [4.78, 5) is 5.78. The molecule has 3 N–H and O–H groups in total. The van der Waals surface area contributed by atoms with Gasteiger partial charge in [0.05, 0.1) is 0 Å². The number of nitrogens with two attached hydrogens (primary N) is 1. The lowest BCUT2D eigenvalue weighted by Gasteiger charge is -2.24. The van der Waals surface area contributed by atoms with Crippen molar-refractivity contribution in [2.45, 2.75) is 19.3 Å². The Morgan fingerprint density at radius 3 is 2.76 bits per heavy atom. The largest absolute Gasteiger partial charge is 0.324 e. The van der Waals surface area contributed by atoms with Crippen molar-refractivity contribution in [3.8, 4) is 0 Å². The molecule has 0 saturated heterocycles. The molecule has 0 fully saturated rings. The normalized spacial score (nSPS) is 14.5. The van der Waals surface area contributed by atoms with Crippen molar-refractivity contribution in [2.24, 2.45) is 5.84 Å². The fraction of sp³-hybridized carbons (Fsp3) is 0.267. The van der Waals surface area contributed by atoms with E-state index in [4.69, 9.17) is 5.84 Å². The minimum Gasteiger partial charge on any atom is -0.324 e. The van der Waals surface area contributed by atoms with Gasteiger partial charge in [-0.1, -0.05) is 18.2 Å². The van der Waals surface area contributed by atoms with Crippen LogP contribution in [-0.4, -0.2) is 11.5 Å². The van der Waals surface area contributed by atoms with Gasteiger partial charge in [-0.25, -0.2) is 19.6 Å². The van der Waals surface area contributed by atoms with Gasteiger partial charge in [0, 0.05) is 18.3 Å². The molecule has 0 unspecified atom stereocenters. The van der Waals surface area contributed by atoms with Crippen molar-refractivity contribution in [2.75, 3.05) is 16.9 Å². The van der Waals surface area contributed by atoms with Crippen LogP contribution in [-0.2, 0) is 6.42 Å².